The predicted molar refractivity (Wildman–Crippen MR) is 76.2 cm³/mol. The second kappa shape index (κ2) is 4.45. The normalized spacial score (nSPS) is 21.6. The molecule has 92 valence electrons. The van der Waals surface area contributed by atoms with Crippen LogP contribution < -0.4 is 10.6 Å². The van der Waals surface area contributed by atoms with Gasteiger partial charge in [-0.15, -0.1) is 0 Å². The molecule has 2 N–H and O–H groups in total. The van der Waals surface area contributed by atoms with Crippen molar-refractivity contribution in [2.45, 2.75) is 32.1 Å². The van der Waals surface area contributed by atoms with E-state index in [1.165, 1.54) is 16.1 Å². The molecule has 1 aromatic heterocycles. The Balaban J connectivity index is 1.94. The van der Waals surface area contributed by atoms with Crippen molar-refractivity contribution in [3.05, 3.63) is 46.1 Å². The van der Waals surface area contributed by atoms with Gasteiger partial charge in [0.05, 0.1) is 0 Å². The summed E-state index contributed by atoms with van der Waals surface area (Å²) in [6.07, 6.45) is 16.6. The number of H-pyrrole nitrogens is 1. The maximum absolute atomic E-state index is 7.64. The lowest BCUT2D eigenvalue weighted by Gasteiger charge is -2.15. The molecule has 0 bridgehead atoms. The molecular weight excluding hydrogens is 220 g/mol. The molecule has 1 aromatic rings. The molecule has 3 rings (SSSR count). The first-order valence-corrected chi connectivity index (χ1v) is 6.57. The molecule has 1 atom stereocenters. The van der Waals surface area contributed by atoms with Gasteiger partial charge in [-0.1, -0.05) is 30.4 Å². The Hall–Kier alpha value is -1.83. The lowest BCUT2D eigenvalue weighted by Crippen LogP contribution is -2.28. The van der Waals surface area contributed by atoms with Crippen molar-refractivity contribution in [2.24, 2.45) is 0 Å². The molecule has 0 saturated heterocycles. The molecule has 2 aliphatic carbocycles. The number of aromatic nitrogens is 1. The van der Waals surface area contributed by atoms with Crippen molar-refractivity contribution >= 4 is 17.9 Å². The van der Waals surface area contributed by atoms with E-state index in [1.807, 2.05) is 6.92 Å². The van der Waals surface area contributed by atoms with E-state index >= 15 is 0 Å². The second-order valence-electron chi connectivity index (χ2n) is 5.04. The molecule has 0 aliphatic heterocycles. The highest BCUT2D eigenvalue weighted by Crippen LogP contribution is 2.24. The molecule has 0 radical (unpaired) electrons. The molecule has 1 heterocycles. The second-order valence-corrected chi connectivity index (χ2v) is 5.04. The van der Waals surface area contributed by atoms with Gasteiger partial charge in [0.1, 0.15) is 0 Å². The summed E-state index contributed by atoms with van der Waals surface area (Å²) in [6.45, 7) is 1.84. The van der Waals surface area contributed by atoms with Crippen LogP contribution in [0.1, 0.15) is 37.7 Å². The van der Waals surface area contributed by atoms with Gasteiger partial charge in [0, 0.05) is 23.2 Å². The highest BCUT2D eigenvalue weighted by Gasteiger charge is 2.15. The first-order valence-electron chi connectivity index (χ1n) is 6.57. The lowest BCUT2D eigenvalue weighted by atomic mass is 9.89. The fourth-order valence-electron chi connectivity index (χ4n) is 2.75. The van der Waals surface area contributed by atoms with Crippen LogP contribution in [0.2, 0.25) is 0 Å². The maximum Gasteiger partial charge on any atom is 0.0413 e. The van der Waals surface area contributed by atoms with Crippen LogP contribution in [0.4, 0.5) is 0 Å². The Morgan fingerprint density at radius 3 is 2.83 bits per heavy atom. The summed E-state index contributed by atoms with van der Waals surface area (Å²) in [5, 5.41) is 10.3. The van der Waals surface area contributed by atoms with E-state index in [1.54, 1.807) is 0 Å². The fraction of sp³-hybridized carbons (Fsp3) is 0.312. The average Bonchev–Trinajstić information content (AvgIpc) is 2.82. The zero-order valence-electron chi connectivity index (χ0n) is 10.7. The summed E-state index contributed by atoms with van der Waals surface area (Å²) in [6, 6.07) is 0. The molecule has 0 saturated carbocycles. The van der Waals surface area contributed by atoms with E-state index < -0.39 is 0 Å². The molecule has 1 unspecified atom stereocenters. The minimum atomic E-state index is 0.454. The number of rotatable bonds is 2. The van der Waals surface area contributed by atoms with Gasteiger partial charge < -0.3 is 10.4 Å². The quantitative estimate of drug-likeness (QED) is 0.743. The van der Waals surface area contributed by atoms with Crippen LogP contribution in [0.15, 0.2) is 30.0 Å². The van der Waals surface area contributed by atoms with Gasteiger partial charge in [-0.25, -0.2) is 0 Å². The zero-order chi connectivity index (χ0) is 12.5. The Bertz CT molecular complexity index is 656. The number of nitrogens with one attached hydrogen (secondary N) is 2. The van der Waals surface area contributed by atoms with Crippen LogP contribution in [0.5, 0.6) is 0 Å². The van der Waals surface area contributed by atoms with Gasteiger partial charge in [-0.2, -0.15) is 0 Å². The summed E-state index contributed by atoms with van der Waals surface area (Å²) >= 11 is 0. The van der Waals surface area contributed by atoms with E-state index in [9.17, 15) is 0 Å². The summed E-state index contributed by atoms with van der Waals surface area (Å²) in [7, 11) is 0. The summed E-state index contributed by atoms with van der Waals surface area (Å²) in [5.41, 5.74) is 3.11. The van der Waals surface area contributed by atoms with Crippen LogP contribution in [-0.2, 0) is 0 Å². The Kier molecular flexibility index (Phi) is 2.78. The van der Waals surface area contributed by atoms with Gasteiger partial charge in [0.25, 0.3) is 0 Å². The van der Waals surface area contributed by atoms with Crippen LogP contribution >= 0.6 is 0 Å². The molecule has 2 heteroatoms. The van der Waals surface area contributed by atoms with Crippen molar-refractivity contribution in [3.63, 3.8) is 0 Å². The topological polar surface area (TPSA) is 39.6 Å². The van der Waals surface area contributed by atoms with E-state index in [0.29, 0.717) is 11.6 Å². The van der Waals surface area contributed by atoms with Gasteiger partial charge in [-0.05, 0) is 42.5 Å². The van der Waals surface area contributed by atoms with Crippen molar-refractivity contribution in [2.75, 3.05) is 0 Å². The first kappa shape index (κ1) is 11.3. The summed E-state index contributed by atoms with van der Waals surface area (Å²) in [4.78, 5) is 3.37. The Morgan fingerprint density at radius 2 is 2.11 bits per heavy atom. The van der Waals surface area contributed by atoms with Gasteiger partial charge >= 0.3 is 0 Å². The minimum absolute atomic E-state index is 0.454. The van der Waals surface area contributed by atoms with Crippen molar-refractivity contribution in [3.8, 4) is 0 Å². The molecule has 0 amide bonds. The Morgan fingerprint density at radius 1 is 1.28 bits per heavy atom. The van der Waals surface area contributed by atoms with Crippen molar-refractivity contribution in [1.82, 2.24) is 4.98 Å². The lowest BCUT2D eigenvalue weighted by molar-refractivity contribution is 0.844. The van der Waals surface area contributed by atoms with Crippen LogP contribution in [0, 0.1) is 5.41 Å². The van der Waals surface area contributed by atoms with Crippen LogP contribution in [-0.4, -0.2) is 10.7 Å². The number of hydrogen-bond donors (Lipinski definition) is 2. The third-order valence-electron chi connectivity index (χ3n) is 3.78. The van der Waals surface area contributed by atoms with Gasteiger partial charge in [-0.3, -0.25) is 0 Å². The molecular formula is C16H18N2. The Labute approximate surface area is 107 Å². The highest BCUT2D eigenvalue weighted by molar-refractivity contribution is 5.98. The monoisotopic (exact) mass is 238 g/mol. The number of hydrogen-bond acceptors (Lipinski definition) is 1. The van der Waals surface area contributed by atoms with Crippen molar-refractivity contribution < 1.29 is 0 Å². The molecule has 2 nitrogen and oxygen atoms in total. The van der Waals surface area contributed by atoms with E-state index in [0.717, 1.165) is 24.8 Å². The standard InChI is InChI=1S/C16H18N2/c1-11(17)12-6-8-13(9-7-12)15-10-18-16-5-3-2-4-14(15)16/h4-8,10,13,17-18H,2-3,9H2,1H3. The maximum atomic E-state index is 7.64. The van der Waals surface area contributed by atoms with E-state index in [4.69, 9.17) is 5.41 Å². The zero-order valence-corrected chi connectivity index (χ0v) is 10.7. The summed E-state index contributed by atoms with van der Waals surface area (Å²) in [5.74, 6) is 0.454. The van der Waals surface area contributed by atoms with Crippen LogP contribution in [0.3, 0.4) is 0 Å². The van der Waals surface area contributed by atoms with Gasteiger partial charge in [0.2, 0.25) is 0 Å². The number of allylic oxidation sites excluding steroid dienone is 4. The molecule has 2 aliphatic rings. The number of fused-ring (bicyclic) bond motifs is 1. The van der Waals surface area contributed by atoms with Crippen molar-refractivity contribution in [1.29, 1.82) is 5.41 Å². The predicted octanol–water partition coefficient (Wildman–Crippen LogP) is 2.38. The largest absolute Gasteiger partial charge is 0.361 e. The number of aromatic amines is 1. The van der Waals surface area contributed by atoms with E-state index in [2.05, 4.69) is 41.6 Å². The first-order chi connectivity index (χ1) is 8.75. The average molecular weight is 238 g/mol. The third-order valence-corrected chi connectivity index (χ3v) is 3.78. The molecule has 0 spiro atoms. The SMILES string of the molecule is CC(=N)C1=CCC(c2c[nH]c3c2=CCCC=3)C=C1. The fourth-order valence-corrected chi connectivity index (χ4v) is 2.75. The molecule has 0 fully saturated rings. The molecule has 0 aromatic carbocycles. The van der Waals surface area contributed by atoms with Crippen LogP contribution in [0.25, 0.3) is 12.2 Å². The molecule has 18 heavy (non-hydrogen) atoms. The van der Waals surface area contributed by atoms with Gasteiger partial charge in [0.15, 0.2) is 0 Å². The highest BCUT2D eigenvalue weighted by atomic mass is 14.7. The third kappa shape index (κ3) is 1.88. The van der Waals surface area contributed by atoms with E-state index in [-0.39, 0.29) is 0 Å². The minimum Gasteiger partial charge on any atom is -0.361 e. The smallest absolute Gasteiger partial charge is 0.0413 e. The summed E-state index contributed by atoms with van der Waals surface area (Å²) < 4.78 is 0.